The molecule has 152 valence electrons. The quantitative estimate of drug-likeness (QED) is 0.543. The number of aliphatic hydroxyl groups excluding tert-OH is 1. The van der Waals surface area contributed by atoms with Gasteiger partial charge in [-0.15, -0.1) is 0 Å². The van der Waals surface area contributed by atoms with Gasteiger partial charge in [0, 0.05) is 12.6 Å². The summed E-state index contributed by atoms with van der Waals surface area (Å²) in [6.07, 6.45) is -0.663. The Morgan fingerprint density at radius 2 is 1.86 bits per heavy atom. The van der Waals surface area contributed by atoms with Gasteiger partial charge in [0.25, 0.3) is 5.91 Å². The highest BCUT2D eigenvalue weighted by Gasteiger charge is 2.13. The van der Waals surface area contributed by atoms with Crippen LogP contribution >= 0.6 is 0 Å². The Morgan fingerprint density at radius 1 is 1.14 bits per heavy atom. The fraction of sp³-hybridized carbons (Fsp3) is 0.381. The second-order valence-electron chi connectivity index (χ2n) is 6.58. The van der Waals surface area contributed by atoms with Crippen molar-refractivity contribution in [2.24, 2.45) is 5.73 Å². The number of carbonyl (C=O) groups excluding carboxylic acids is 1. The van der Waals surface area contributed by atoms with Crippen molar-refractivity contribution in [3.63, 3.8) is 0 Å². The number of rotatable bonds is 11. The van der Waals surface area contributed by atoms with Crippen LogP contribution in [0.25, 0.3) is 0 Å². The topological polar surface area (TPSA) is 103 Å². The summed E-state index contributed by atoms with van der Waals surface area (Å²) in [4.78, 5) is 11.6. The molecule has 0 aliphatic heterocycles. The third-order valence-electron chi connectivity index (χ3n) is 4.17. The number of benzene rings is 2. The molecule has 28 heavy (non-hydrogen) atoms. The number of nitrogens with two attached hydrogens (primary N) is 1. The molecule has 0 saturated carbocycles. The van der Waals surface area contributed by atoms with E-state index < -0.39 is 12.0 Å². The van der Waals surface area contributed by atoms with E-state index in [1.54, 1.807) is 18.2 Å². The number of aryl methyl sites for hydroxylation is 1. The van der Waals surface area contributed by atoms with Gasteiger partial charge < -0.3 is 30.4 Å². The molecule has 0 bridgehead atoms. The molecular formula is C21H28N2O5. The lowest BCUT2D eigenvalue weighted by Gasteiger charge is -2.19. The van der Waals surface area contributed by atoms with Crippen LogP contribution in [0.15, 0.2) is 42.5 Å². The van der Waals surface area contributed by atoms with Gasteiger partial charge in [0.2, 0.25) is 0 Å². The van der Waals surface area contributed by atoms with E-state index >= 15 is 0 Å². The molecule has 7 heteroatoms. The molecule has 0 saturated heterocycles. The molecule has 4 N–H and O–H groups in total. The highest BCUT2D eigenvalue weighted by Crippen LogP contribution is 2.24. The summed E-state index contributed by atoms with van der Waals surface area (Å²) >= 11 is 0. The van der Waals surface area contributed by atoms with E-state index in [1.807, 2.05) is 38.1 Å². The van der Waals surface area contributed by atoms with Crippen LogP contribution in [0.4, 0.5) is 0 Å². The summed E-state index contributed by atoms with van der Waals surface area (Å²) in [7, 11) is 1.51. The van der Waals surface area contributed by atoms with Crippen LogP contribution < -0.4 is 25.3 Å². The molecule has 2 aromatic carbocycles. The van der Waals surface area contributed by atoms with Gasteiger partial charge in [0.15, 0.2) is 0 Å². The summed E-state index contributed by atoms with van der Waals surface area (Å²) in [5, 5.41) is 13.3. The summed E-state index contributed by atoms with van der Waals surface area (Å²) in [6.45, 7) is 4.72. The minimum atomic E-state index is -0.663. The van der Waals surface area contributed by atoms with Crippen LogP contribution in [-0.2, 0) is 0 Å². The highest BCUT2D eigenvalue weighted by atomic mass is 16.5. The fourth-order valence-corrected chi connectivity index (χ4v) is 2.53. The van der Waals surface area contributed by atoms with Crippen molar-refractivity contribution >= 4 is 5.91 Å². The largest absolute Gasteiger partial charge is 0.497 e. The Morgan fingerprint density at radius 3 is 2.54 bits per heavy atom. The molecule has 0 radical (unpaired) electrons. The number of primary amides is 1. The van der Waals surface area contributed by atoms with Crippen LogP contribution in [0.1, 0.15) is 22.8 Å². The van der Waals surface area contributed by atoms with E-state index in [0.717, 1.165) is 11.3 Å². The number of methoxy groups -OCH3 is 1. The Balaban J connectivity index is 1.77. The van der Waals surface area contributed by atoms with Crippen molar-refractivity contribution in [1.29, 1.82) is 0 Å². The number of nitrogens with one attached hydrogen (secondary N) is 1. The van der Waals surface area contributed by atoms with Crippen LogP contribution in [-0.4, -0.2) is 50.0 Å². The molecule has 0 aromatic heterocycles. The lowest BCUT2D eigenvalue weighted by atomic mass is 10.2. The van der Waals surface area contributed by atoms with Gasteiger partial charge in [0.05, 0.1) is 12.7 Å². The minimum absolute atomic E-state index is 0.0593. The normalized spacial score (nSPS) is 12.9. The van der Waals surface area contributed by atoms with Crippen molar-refractivity contribution in [1.82, 2.24) is 5.32 Å². The number of hydrogen-bond donors (Lipinski definition) is 3. The zero-order valence-electron chi connectivity index (χ0n) is 16.5. The maximum atomic E-state index is 11.6. The number of aliphatic hydroxyl groups is 1. The van der Waals surface area contributed by atoms with Crippen molar-refractivity contribution in [2.45, 2.75) is 26.0 Å². The standard InChI is InChI=1S/C21H28N2O5/c1-14-6-4-5-7-19(14)28-13-16(24)11-23-15(2)12-27-20-9-8-17(26-3)10-18(20)21(22)25/h4-10,15-16,23-24H,11-13H2,1-3H3,(H2,22,25). The van der Waals surface area contributed by atoms with Crippen molar-refractivity contribution in [3.8, 4) is 17.2 Å². The zero-order chi connectivity index (χ0) is 20.5. The van der Waals surface area contributed by atoms with E-state index in [0.29, 0.717) is 24.7 Å². The van der Waals surface area contributed by atoms with Crippen LogP contribution in [0, 0.1) is 6.92 Å². The van der Waals surface area contributed by atoms with E-state index in [4.69, 9.17) is 19.9 Å². The Hall–Kier alpha value is -2.77. The summed E-state index contributed by atoms with van der Waals surface area (Å²) in [5.41, 5.74) is 6.68. The zero-order valence-corrected chi connectivity index (χ0v) is 16.5. The molecule has 0 aliphatic rings. The lowest BCUT2D eigenvalue weighted by Crippen LogP contribution is -2.39. The molecule has 0 spiro atoms. The fourth-order valence-electron chi connectivity index (χ4n) is 2.53. The average Bonchev–Trinajstić information content (AvgIpc) is 2.69. The first kappa shape index (κ1) is 21.5. The Kier molecular flexibility index (Phi) is 8.10. The van der Waals surface area contributed by atoms with Gasteiger partial charge >= 0.3 is 0 Å². The molecule has 0 heterocycles. The third-order valence-corrected chi connectivity index (χ3v) is 4.17. The number of hydrogen-bond acceptors (Lipinski definition) is 6. The van der Waals surface area contributed by atoms with E-state index in [9.17, 15) is 9.90 Å². The van der Waals surface area contributed by atoms with Crippen LogP contribution in [0.3, 0.4) is 0 Å². The average molecular weight is 388 g/mol. The van der Waals surface area contributed by atoms with Gasteiger partial charge in [0.1, 0.15) is 36.6 Å². The predicted octanol–water partition coefficient (Wildman–Crippen LogP) is 1.90. The number of amides is 1. The summed E-state index contributed by atoms with van der Waals surface area (Å²) in [5.74, 6) is 1.10. The third kappa shape index (κ3) is 6.44. The molecule has 2 aromatic rings. The van der Waals surface area contributed by atoms with Crippen molar-refractivity contribution < 1.29 is 24.1 Å². The maximum Gasteiger partial charge on any atom is 0.252 e. The first-order valence-corrected chi connectivity index (χ1v) is 9.11. The monoisotopic (exact) mass is 388 g/mol. The maximum absolute atomic E-state index is 11.6. The summed E-state index contributed by atoms with van der Waals surface area (Å²) < 4.78 is 16.4. The first-order valence-electron chi connectivity index (χ1n) is 9.11. The molecule has 2 rings (SSSR count). The number of ether oxygens (including phenoxy) is 3. The molecule has 1 amide bonds. The second-order valence-corrected chi connectivity index (χ2v) is 6.58. The molecule has 0 fully saturated rings. The Bertz CT molecular complexity index is 781. The first-order chi connectivity index (χ1) is 13.4. The van der Waals surface area contributed by atoms with Gasteiger partial charge in [-0.2, -0.15) is 0 Å². The number of carbonyl (C=O) groups is 1. The van der Waals surface area contributed by atoms with Gasteiger partial charge in [-0.1, -0.05) is 18.2 Å². The molecule has 7 nitrogen and oxygen atoms in total. The molecule has 0 aliphatic carbocycles. The van der Waals surface area contributed by atoms with Gasteiger partial charge in [-0.3, -0.25) is 4.79 Å². The minimum Gasteiger partial charge on any atom is -0.497 e. The molecular weight excluding hydrogens is 360 g/mol. The molecule has 2 atom stereocenters. The van der Waals surface area contributed by atoms with Crippen molar-refractivity contribution in [2.75, 3.05) is 26.9 Å². The lowest BCUT2D eigenvalue weighted by molar-refractivity contribution is 0.0990. The smallest absolute Gasteiger partial charge is 0.252 e. The van der Waals surface area contributed by atoms with Crippen molar-refractivity contribution in [3.05, 3.63) is 53.6 Å². The second kappa shape index (κ2) is 10.5. The molecule has 2 unspecified atom stereocenters. The predicted molar refractivity (Wildman–Crippen MR) is 107 cm³/mol. The number of para-hydroxylation sites is 1. The van der Waals surface area contributed by atoms with Gasteiger partial charge in [-0.05, 0) is 43.7 Å². The van der Waals surface area contributed by atoms with Crippen LogP contribution in [0.5, 0.6) is 17.2 Å². The van der Waals surface area contributed by atoms with E-state index in [1.165, 1.54) is 7.11 Å². The van der Waals surface area contributed by atoms with Gasteiger partial charge in [-0.25, -0.2) is 0 Å². The summed E-state index contributed by atoms with van der Waals surface area (Å²) in [6, 6.07) is 12.5. The SMILES string of the molecule is COc1ccc(OCC(C)NCC(O)COc2ccccc2C)c(C(N)=O)c1. The van der Waals surface area contributed by atoms with Crippen LogP contribution in [0.2, 0.25) is 0 Å². The Labute approximate surface area is 165 Å². The van der Waals surface area contributed by atoms with E-state index in [-0.39, 0.29) is 18.2 Å². The highest BCUT2D eigenvalue weighted by molar-refractivity contribution is 5.96. The van der Waals surface area contributed by atoms with E-state index in [2.05, 4.69) is 5.32 Å².